The lowest BCUT2D eigenvalue weighted by atomic mass is 10.1. The molecule has 2 aromatic heterocycles. The minimum absolute atomic E-state index is 0.174. The second-order valence-electron chi connectivity index (χ2n) is 6.71. The number of carbonyl (C=O) groups excluding carboxylic acids is 1. The lowest BCUT2D eigenvalue weighted by Gasteiger charge is -2.13. The number of nitrogens with zero attached hydrogens (tertiary/aromatic N) is 5. The first-order valence-electron chi connectivity index (χ1n) is 9.29. The highest BCUT2D eigenvalue weighted by Crippen LogP contribution is 2.22. The number of hydrogen-bond acceptors (Lipinski definition) is 6. The summed E-state index contributed by atoms with van der Waals surface area (Å²) in [6, 6.07) is 19.8. The summed E-state index contributed by atoms with van der Waals surface area (Å²) in [5, 5.41) is 15.1. The van der Waals surface area contributed by atoms with Crippen LogP contribution in [0.4, 0.5) is 11.4 Å². The third-order valence-corrected chi connectivity index (χ3v) is 4.32. The zero-order valence-corrected chi connectivity index (χ0v) is 16.6. The summed E-state index contributed by atoms with van der Waals surface area (Å²) >= 11 is 0. The molecule has 0 atom stereocenters. The lowest BCUT2D eigenvalue weighted by molar-refractivity contribution is 0.102. The first-order chi connectivity index (χ1) is 14.6. The van der Waals surface area contributed by atoms with E-state index in [0.717, 1.165) is 5.69 Å². The van der Waals surface area contributed by atoms with Crippen molar-refractivity contribution in [2.75, 3.05) is 24.3 Å². The lowest BCUT2D eigenvalue weighted by Crippen LogP contribution is -2.14. The van der Waals surface area contributed by atoms with Gasteiger partial charge in [0.2, 0.25) is 5.88 Å². The van der Waals surface area contributed by atoms with Crippen LogP contribution in [-0.2, 0) is 0 Å². The Morgan fingerprint density at radius 2 is 1.83 bits per heavy atom. The van der Waals surface area contributed by atoms with Crippen molar-refractivity contribution in [3.05, 3.63) is 84.7 Å². The van der Waals surface area contributed by atoms with Gasteiger partial charge in [-0.05, 0) is 54.6 Å². The maximum absolute atomic E-state index is 12.5. The van der Waals surface area contributed by atoms with Crippen LogP contribution in [0, 0.1) is 0 Å². The highest BCUT2D eigenvalue weighted by Gasteiger charge is 2.08. The van der Waals surface area contributed by atoms with E-state index in [9.17, 15) is 4.79 Å². The molecule has 4 aromatic rings. The topological polar surface area (TPSA) is 85.2 Å². The molecule has 4 rings (SSSR count). The molecule has 2 aromatic carbocycles. The van der Waals surface area contributed by atoms with E-state index >= 15 is 0 Å². The van der Waals surface area contributed by atoms with Gasteiger partial charge in [0.05, 0.1) is 0 Å². The van der Waals surface area contributed by atoms with E-state index in [1.54, 1.807) is 59.5 Å². The summed E-state index contributed by atoms with van der Waals surface area (Å²) in [4.78, 5) is 14.5. The van der Waals surface area contributed by atoms with Gasteiger partial charge in [0.25, 0.3) is 5.91 Å². The Balaban J connectivity index is 1.39. The second-order valence-corrected chi connectivity index (χ2v) is 6.71. The molecule has 0 aliphatic carbocycles. The Morgan fingerprint density at radius 3 is 2.50 bits per heavy atom. The zero-order valence-electron chi connectivity index (χ0n) is 16.6. The summed E-state index contributed by atoms with van der Waals surface area (Å²) in [5.41, 5.74) is 2.22. The van der Waals surface area contributed by atoms with Crippen molar-refractivity contribution in [1.29, 1.82) is 0 Å². The van der Waals surface area contributed by atoms with E-state index < -0.39 is 0 Å². The predicted octanol–water partition coefficient (Wildman–Crippen LogP) is 3.77. The summed E-state index contributed by atoms with van der Waals surface area (Å²) in [5.74, 6) is 1.38. The first kappa shape index (κ1) is 19.1. The van der Waals surface area contributed by atoms with Crippen molar-refractivity contribution in [1.82, 2.24) is 20.0 Å². The van der Waals surface area contributed by atoms with Crippen LogP contribution in [0.1, 0.15) is 10.4 Å². The maximum Gasteiger partial charge on any atom is 0.255 e. The molecule has 1 N–H and O–H groups in total. The number of benzene rings is 2. The highest BCUT2D eigenvalue weighted by atomic mass is 16.5. The van der Waals surface area contributed by atoms with E-state index in [-0.39, 0.29) is 5.91 Å². The molecule has 0 bridgehead atoms. The Hall–Kier alpha value is -4.20. The molecule has 30 heavy (non-hydrogen) atoms. The smallest absolute Gasteiger partial charge is 0.255 e. The van der Waals surface area contributed by atoms with Gasteiger partial charge in [0.1, 0.15) is 5.75 Å². The van der Waals surface area contributed by atoms with Gasteiger partial charge in [-0.1, -0.05) is 6.07 Å². The van der Waals surface area contributed by atoms with Crippen molar-refractivity contribution >= 4 is 17.3 Å². The molecule has 150 valence electrons. The van der Waals surface area contributed by atoms with Gasteiger partial charge in [-0.2, -0.15) is 5.10 Å². The molecule has 1 amide bonds. The van der Waals surface area contributed by atoms with E-state index in [2.05, 4.69) is 20.6 Å². The van der Waals surface area contributed by atoms with Crippen LogP contribution < -0.4 is 15.0 Å². The average Bonchev–Trinajstić information content (AvgIpc) is 3.31. The van der Waals surface area contributed by atoms with E-state index in [1.165, 1.54) is 0 Å². The Labute approximate surface area is 173 Å². The van der Waals surface area contributed by atoms with Crippen LogP contribution >= 0.6 is 0 Å². The third kappa shape index (κ3) is 4.44. The molecule has 8 nitrogen and oxygen atoms in total. The number of anilines is 2. The number of carbonyl (C=O) groups is 1. The van der Waals surface area contributed by atoms with Gasteiger partial charge in [-0.25, -0.2) is 4.68 Å². The molecule has 0 spiro atoms. The molecular formula is C22H20N6O2. The van der Waals surface area contributed by atoms with Gasteiger partial charge >= 0.3 is 0 Å². The fourth-order valence-corrected chi connectivity index (χ4v) is 2.75. The number of ether oxygens (including phenoxy) is 1. The standard InChI is InChI=1S/C22H20N6O2/c1-27(2)18-6-3-5-16(15-18)22(29)24-17-7-9-19(10-8-17)30-21-12-11-20(25-26-21)28-14-4-13-23-28/h3-15H,1-2H3,(H,24,29). The Bertz CT molecular complexity index is 1120. The molecule has 0 radical (unpaired) electrons. The normalized spacial score (nSPS) is 10.5. The van der Waals surface area contributed by atoms with Crippen LogP contribution in [0.15, 0.2) is 79.1 Å². The van der Waals surface area contributed by atoms with Crippen molar-refractivity contribution in [3.8, 4) is 17.4 Å². The number of rotatable bonds is 6. The Kier molecular flexibility index (Phi) is 5.38. The first-order valence-corrected chi connectivity index (χ1v) is 9.29. The fourth-order valence-electron chi connectivity index (χ4n) is 2.75. The van der Waals surface area contributed by atoms with Crippen LogP contribution in [0.25, 0.3) is 5.82 Å². The SMILES string of the molecule is CN(C)c1cccc(C(=O)Nc2ccc(Oc3ccc(-n4cccn4)nn3)cc2)c1. The molecule has 0 fully saturated rings. The second kappa shape index (κ2) is 8.44. The fraction of sp³-hybridized carbons (Fsp3) is 0.0909. The molecule has 0 saturated carbocycles. The third-order valence-electron chi connectivity index (χ3n) is 4.32. The predicted molar refractivity (Wildman–Crippen MR) is 114 cm³/mol. The molecular weight excluding hydrogens is 380 g/mol. The van der Waals surface area contributed by atoms with Crippen LogP contribution in [0.3, 0.4) is 0 Å². The molecule has 0 aliphatic rings. The van der Waals surface area contributed by atoms with E-state index in [1.807, 2.05) is 43.3 Å². The van der Waals surface area contributed by atoms with Gasteiger partial charge in [0, 0.05) is 49.5 Å². The van der Waals surface area contributed by atoms with Crippen molar-refractivity contribution in [2.24, 2.45) is 0 Å². The van der Waals surface area contributed by atoms with Gasteiger partial charge in [0.15, 0.2) is 5.82 Å². The van der Waals surface area contributed by atoms with Crippen molar-refractivity contribution in [2.45, 2.75) is 0 Å². The highest BCUT2D eigenvalue weighted by molar-refractivity contribution is 6.04. The summed E-state index contributed by atoms with van der Waals surface area (Å²) in [7, 11) is 3.87. The summed E-state index contributed by atoms with van der Waals surface area (Å²) in [6.07, 6.45) is 3.46. The van der Waals surface area contributed by atoms with E-state index in [4.69, 9.17) is 4.74 Å². The summed E-state index contributed by atoms with van der Waals surface area (Å²) in [6.45, 7) is 0. The maximum atomic E-state index is 12.5. The quantitative estimate of drug-likeness (QED) is 0.530. The van der Waals surface area contributed by atoms with E-state index in [0.29, 0.717) is 28.7 Å². The minimum Gasteiger partial charge on any atom is -0.438 e. The van der Waals surface area contributed by atoms with Crippen molar-refractivity contribution < 1.29 is 9.53 Å². The molecule has 0 unspecified atom stereocenters. The van der Waals surface area contributed by atoms with Crippen LogP contribution in [0.2, 0.25) is 0 Å². The van der Waals surface area contributed by atoms with Crippen molar-refractivity contribution in [3.63, 3.8) is 0 Å². The van der Waals surface area contributed by atoms with Gasteiger partial charge < -0.3 is 15.0 Å². The van der Waals surface area contributed by atoms with Crippen LogP contribution in [0.5, 0.6) is 11.6 Å². The Morgan fingerprint density at radius 1 is 1.00 bits per heavy atom. The number of hydrogen-bond donors (Lipinski definition) is 1. The summed E-state index contributed by atoms with van der Waals surface area (Å²) < 4.78 is 7.33. The minimum atomic E-state index is -0.174. The zero-order chi connectivity index (χ0) is 20.9. The molecule has 0 aliphatic heterocycles. The average molecular weight is 400 g/mol. The van der Waals surface area contributed by atoms with Gasteiger partial charge in [-0.3, -0.25) is 4.79 Å². The monoisotopic (exact) mass is 400 g/mol. The number of amides is 1. The molecule has 8 heteroatoms. The van der Waals surface area contributed by atoms with Crippen LogP contribution in [-0.4, -0.2) is 40.0 Å². The molecule has 2 heterocycles. The largest absolute Gasteiger partial charge is 0.438 e. The number of aromatic nitrogens is 4. The molecule has 0 saturated heterocycles. The van der Waals surface area contributed by atoms with Gasteiger partial charge in [-0.15, -0.1) is 10.2 Å². The number of nitrogens with one attached hydrogen (secondary N) is 1.